The van der Waals surface area contributed by atoms with Gasteiger partial charge in [0.15, 0.2) is 16.6 Å². The maximum Gasteiger partial charge on any atom is 0.333 e. The van der Waals surface area contributed by atoms with Crippen molar-refractivity contribution in [2.24, 2.45) is 5.92 Å². The third-order valence-electron chi connectivity index (χ3n) is 8.62. The summed E-state index contributed by atoms with van der Waals surface area (Å²) in [6.07, 6.45) is 7.52. The fourth-order valence-electron chi connectivity index (χ4n) is 5.17. The summed E-state index contributed by atoms with van der Waals surface area (Å²) in [6.45, 7) is 20.9. The molecule has 1 heterocycles. The van der Waals surface area contributed by atoms with Gasteiger partial charge in [-0.15, -0.1) is 11.3 Å². The normalized spacial score (nSPS) is 14.9. The van der Waals surface area contributed by atoms with Crippen LogP contribution in [0.4, 0.5) is 0 Å². The minimum absolute atomic E-state index is 0.0688. The molecule has 0 aromatic carbocycles. The van der Waals surface area contributed by atoms with Crippen molar-refractivity contribution in [3.63, 3.8) is 0 Å². The highest BCUT2D eigenvalue weighted by Gasteiger charge is 2.32. The van der Waals surface area contributed by atoms with Crippen LogP contribution >= 0.6 is 11.3 Å². The first-order valence-corrected chi connectivity index (χ1v) is 21.2. The Morgan fingerprint density at radius 2 is 1.62 bits per heavy atom. The number of nitrogens with zero attached hydrogens (tertiary/aromatic N) is 1. The Morgan fingerprint density at radius 1 is 1.03 bits per heavy atom. The van der Waals surface area contributed by atoms with E-state index in [2.05, 4.69) is 77.9 Å². The molecule has 0 aliphatic carbocycles. The third kappa shape index (κ3) is 11.8. The lowest BCUT2D eigenvalue weighted by Crippen LogP contribution is -2.40. The van der Waals surface area contributed by atoms with Gasteiger partial charge in [0.1, 0.15) is 0 Å². The highest BCUT2D eigenvalue weighted by molar-refractivity contribution is 7.09. The van der Waals surface area contributed by atoms with Crippen molar-refractivity contribution in [3.8, 4) is 0 Å². The minimum Gasteiger partial charge on any atom is -0.466 e. The van der Waals surface area contributed by atoms with Crippen molar-refractivity contribution >= 4 is 40.0 Å². The number of rotatable bonds is 20. The van der Waals surface area contributed by atoms with Gasteiger partial charge >= 0.3 is 5.97 Å². The van der Waals surface area contributed by atoms with Crippen LogP contribution < -0.4 is 0 Å². The standard InChI is InChI=1S/C31H57NO4SSi2/c1-11-38(12-2,13-3)35-23-25(7)18-17-19-28(31(33)34-10)20-21-30(36-39(14-4,15-5)16-6)26(8)22-29-24-37-27(9)32-29/h20,22,24-25,30H,11-19,21,23H2,1-10H3/b26-22+,28-20?/t25-,30-/m0/s1. The van der Waals surface area contributed by atoms with Gasteiger partial charge in [-0.3, -0.25) is 0 Å². The molecule has 0 fully saturated rings. The zero-order valence-corrected chi connectivity index (χ0v) is 29.5. The molecule has 0 radical (unpaired) electrons. The molecule has 0 bridgehead atoms. The summed E-state index contributed by atoms with van der Waals surface area (Å²) in [5.41, 5.74) is 2.90. The predicted octanol–water partition coefficient (Wildman–Crippen LogP) is 9.56. The minimum atomic E-state index is -1.85. The number of hydrogen-bond acceptors (Lipinski definition) is 6. The molecule has 1 rings (SSSR count). The summed E-state index contributed by atoms with van der Waals surface area (Å²) in [5.74, 6) is 0.252. The molecule has 8 heteroatoms. The Balaban J connectivity index is 3.01. The van der Waals surface area contributed by atoms with Gasteiger partial charge in [0.05, 0.1) is 23.9 Å². The molecule has 0 N–H and O–H groups in total. The summed E-state index contributed by atoms with van der Waals surface area (Å²) in [7, 11) is -1.94. The summed E-state index contributed by atoms with van der Waals surface area (Å²) in [5, 5.41) is 3.15. The smallest absolute Gasteiger partial charge is 0.333 e. The van der Waals surface area contributed by atoms with Crippen LogP contribution in [0.15, 0.2) is 22.6 Å². The van der Waals surface area contributed by atoms with Crippen molar-refractivity contribution in [2.45, 2.75) is 130 Å². The number of aromatic nitrogens is 1. The van der Waals surface area contributed by atoms with E-state index >= 15 is 0 Å². The number of thiazole rings is 1. The van der Waals surface area contributed by atoms with E-state index in [4.69, 9.17) is 13.6 Å². The number of ether oxygens (including phenoxy) is 1. The Bertz CT molecular complexity index is 890. The average Bonchev–Trinajstić information content (AvgIpc) is 3.37. The number of aryl methyl sites for hydroxylation is 1. The molecular weight excluding hydrogens is 539 g/mol. The number of hydrogen-bond donors (Lipinski definition) is 0. The lowest BCUT2D eigenvalue weighted by molar-refractivity contribution is -0.136. The van der Waals surface area contributed by atoms with Crippen LogP contribution in [-0.2, 0) is 18.4 Å². The molecule has 2 atom stereocenters. The molecule has 0 aliphatic rings. The van der Waals surface area contributed by atoms with Crippen molar-refractivity contribution in [1.82, 2.24) is 4.98 Å². The first-order valence-electron chi connectivity index (χ1n) is 15.3. The van der Waals surface area contributed by atoms with Crippen LogP contribution in [0.25, 0.3) is 6.08 Å². The van der Waals surface area contributed by atoms with Gasteiger partial charge in [0.25, 0.3) is 0 Å². The van der Waals surface area contributed by atoms with Crippen molar-refractivity contribution in [3.05, 3.63) is 33.3 Å². The quantitative estimate of drug-likeness (QED) is 0.0853. The van der Waals surface area contributed by atoms with Crippen LogP contribution in [-0.4, -0.2) is 47.4 Å². The SMILES string of the molecule is CC[Si](CC)(CC)OC[C@@H](C)CCCC(=CC[C@H](O[Si](CC)(CC)CC)/C(C)=C/c1csc(C)n1)C(=O)OC. The fourth-order valence-corrected chi connectivity index (χ4v) is 11.4. The van der Waals surface area contributed by atoms with Crippen molar-refractivity contribution < 1.29 is 18.4 Å². The summed E-state index contributed by atoms with van der Waals surface area (Å²) < 4.78 is 18.7. The number of carbonyl (C=O) groups excluding carboxylic acids is 1. The van der Waals surface area contributed by atoms with Gasteiger partial charge in [-0.2, -0.15) is 0 Å². The maximum atomic E-state index is 12.7. The second-order valence-corrected chi connectivity index (χ2v) is 21.6. The molecule has 0 saturated carbocycles. The van der Waals surface area contributed by atoms with Gasteiger partial charge in [0, 0.05) is 17.6 Å². The van der Waals surface area contributed by atoms with Crippen LogP contribution in [0.2, 0.25) is 36.3 Å². The van der Waals surface area contributed by atoms with Crippen LogP contribution in [0.5, 0.6) is 0 Å². The molecule has 0 spiro atoms. The third-order valence-corrected chi connectivity index (χ3v) is 18.7. The van der Waals surface area contributed by atoms with Crippen molar-refractivity contribution in [2.75, 3.05) is 13.7 Å². The fraction of sp³-hybridized carbons (Fsp3) is 0.742. The highest BCUT2D eigenvalue weighted by Crippen LogP contribution is 2.29. The number of methoxy groups -OCH3 is 1. The average molecular weight is 596 g/mol. The van der Waals surface area contributed by atoms with Gasteiger partial charge in [-0.05, 0) is 93.4 Å². The monoisotopic (exact) mass is 595 g/mol. The Kier molecular flexibility index (Phi) is 17.0. The second-order valence-electron chi connectivity index (χ2n) is 11.0. The molecule has 0 amide bonds. The van der Waals surface area contributed by atoms with E-state index in [9.17, 15) is 4.79 Å². The first-order chi connectivity index (χ1) is 18.6. The molecule has 224 valence electrons. The Labute approximate surface area is 246 Å². The molecule has 1 aromatic heterocycles. The molecule has 5 nitrogen and oxygen atoms in total. The summed E-state index contributed by atoms with van der Waals surface area (Å²) in [6, 6.07) is 6.81. The summed E-state index contributed by atoms with van der Waals surface area (Å²) >= 11 is 1.66. The van der Waals surface area contributed by atoms with E-state index in [1.165, 1.54) is 25.2 Å². The zero-order chi connectivity index (χ0) is 29.5. The lowest BCUT2D eigenvalue weighted by atomic mass is 9.99. The summed E-state index contributed by atoms with van der Waals surface area (Å²) in [4.78, 5) is 17.4. The number of carbonyl (C=O) groups is 1. The van der Waals surface area contributed by atoms with E-state index in [1.54, 1.807) is 11.3 Å². The van der Waals surface area contributed by atoms with Crippen LogP contribution in [0.1, 0.15) is 91.8 Å². The van der Waals surface area contributed by atoms with Crippen LogP contribution in [0, 0.1) is 12.8 Å². The van der Waals surface area contributed by atoms with Crippen LogP contribution in [0.3, 0.4) is 0 Å². The second kappa shape index (κ2) is 18.4. The van der Waals surface area contributed by atoms with E-state index in [0.29, 0.717) is 18.8 Å². The molecule has 0 saturated heterocycles. The predicted molar refractivity (Wildman–Crippen MR) is 173 cm³/mol. The number of esters is 1. The molecule has 0 aliphatic heterocycles. The van der Waals surface area contributed by atoms with Gasteiger partial charge in [0.2, 0.25) is 0 Å². The highest BCUT2D eigenvalue weighted by atomic mass is 32.1. The van der Waals surface area contributed by atoms with E-state index < -0.39 is 16.6 Å². The molecule has 0 unspecified atom stereocenters. The molecule has 39 heavy (non-hydrogen) atoms. The Morgan fingerprint density at radius 3 is 2.10 bits per heavy atom. The lowest BCUT2D eigenvalue weighted by Gasteiger charge is -2.33. The zero-order valence-electron chi connectivity index (χ0n) is 26.7. The topological polar surface area (TPSA) is 57.7 Å². The Hall–Kier alpha value is -1.07. The van der Waals surface area contributed by atoms with Gasteiger partial charge in [-0.1, -0.05) is 54.5 Å². The molecular formula is C31H57NO4SSi2. The van der Waals surface area contributed by atoms with E-state index in [0.717, 1.165) is 59.4 Å². The largest absolute Gasteiger partial charge is 0.466 e. The van der Waals surface area contributed by atoms with Gasteiger partial charge in [-0.25, -0.2) is 9.78 Å². The first kappa shape index (κ1) is 36.0. The molecule has 1 aromatic rings. The van der Waals surface area contributed by atoms with E-state index in [1.807, 2.05) is 6.92 Å². The van der Waals surface area contributed by atoms with Crippen molar-refractivity contribution in [1.29, 1.82) is 0 Å². The van der Waals surface area contributed by atoms with E-state index in [-0.39, 0.29) is 12.1 Å². The van der Waals surface area contributed by atoms with Gasteiger partial charge < -0.3 is 13.6 Å². The maximum absolute atomic E-state index is 12.7.